The highest BCUT2D eigenvalue weighted by Gasteiger charge is 2.31. The van der Waals surface area contributed by atoms with E-state index in [0.717, 1.165) is 19.4 Å². The first-order valence-corrected chi connectivity index (χ1v) is 7.12. The fourth-order valence-electron chi connectivity index (χ4n) is 2.90. The molecule has 0 spiro atoms. The second-order valence-corrected chi connectivity index (χ2v) is 5.40. The second kappa shape index (κ2) is 6.16. The quantitative estimate of drug-likeness (QED) is 0.850. The smallest absolute Gasteiger partial charge is 0.130 e. The molecule has 2 heterocycles. The molecule has 2 aliphatic rings. The Bertz CT molecular complexity index is 443. The van der Waals surface area contributed by atoms with Gasteiger partial charge in [-0.25, -0.2) is 8.78 Å². The molecule has 2 fully saturated rings. The van der Waals surface area contributed by atoms with E-state index < -0.39 is 11.6 Å². The highest BCUT2D eigenvalue weighted by molar-refractivity contribution is 5.19. The zero-order chi connectivity index (χ0) is 13.9. The monoisotopic (exact) mass is 283 g/mol. The second-order valence-electron chi connectivity index (χ2n) is 5.40. The summed E-state index contributed by atoms with van der Waals surface area (Å²) < 4.78 is 38.7. The highest BCUT2D eigenvalue weighted by Crippen LogP contribution is 2.22. The van der Waals surface area contributed by atoms with Crippen molar-refractivity contribution in [2.75, 3.05) is 26.3 Å². The summed E-state index contributed by atoms with van der Waals surface area (Å²) in [6.45, 7) is 3.01. The number of hydrogen-bond acceptors (Lipinski definition) is 3. The molecule has 3 nitrogen and oxygen atoms in total. The Balaban J connectivity index is 1.65. The van der Waals surface area contributed by atoms with E-state index in [-0.39, 0.29) is 24.3 Å². The van der Waals surface area contributed by atoms with Crippen molar-refractivity contribution in [2.24, 2.45) is 0 Å². The Morgan fingerprint density at radius 2 is 1.85 bits per heavy atom. The number of hydrogen-bond donors (Lipinski definition) is 0. The lowest BCUT2D eigenvalue weighted by Crippen LogP contribution is -2.47. The van der Waals surface area contributed by atoms with Crippen LogP contribution in [-0.2, 0) is 16.0 Å². The van der Waals surface area contributed by atoms with Gasteiger partial charge in [0.25, 0.3) is 0 Å². The lowest BCUT2D eigenvalue weighted by Gasteiger charge is -2.35. The maximum atomic E-state index is 13.7. The van der Waals surface area contributed by atoms with E-state index in [9.17, 15) is 8.78 Å². The van der Waals surface area contributed by atoms with E-state index >= 15 is 0 Å². The summed E-state index contributed by atoms with van der Waals surface area (Å²) in [5.41, 5.74) is 0.139. The van der Waals surface area contributed by atoms with Crippen LogP contribution in [0.3, 0.4) is 0 Å². The van der Waals surface area contributed by atoms with Crippen molar-refractivity contribution in [3.8, 4) is 0 Å². The van der Waals surface area contributed by atoms with Crippen LogP contribution in [0.1, 0.15) is 18.4 Å². The number of benzene rings is 1. The summed E-state index contributed by atoms with van der Waals surface area (Å²) in [6, 6.07) is 4.00. The minimum absolute atomic E-state index is 0.0149. The Morgan fingerprint density at radius 3 is 2.55 bits per heavy atom. The summed E-state index contributed by atoms with van der Waals surface area (Å²) in [5.74, 6) is -0.963. The van der Waals surface area contributed by atoms with Crippen LogP contribution in [0.2, 0.25) is 0 Å². The third-order valence-corrected chi connectivity index (χ3v) is 4.00. The summed E-state index contributed by atoms with van der Waals surface area (Å²) in [6.07, 6.45) is 2.21. The maximum absolute atomic E-state index is 13.7. The van der Waals surface area contributed by atoms with Crippen molar-refractivity contribution in [1.29, 1.82) is 0 Å². The summed E-state index contributed by atoms with van der Waals surface area (Å²) in [5, 5.41) is 0. The van der Waals surface area contributed by atoms with Crippen LogP contribution in [-0.4, -0.2) is 43.4 Å². The number of ether oxygens (including phenoxy) is 2. The fraction of sp³-hybridized carbons (Fsp3) is 0.600. The van der Waals surface area contributed by atoms with Crippen molar-refractivity contribution < 1.29 is 18.3 Å². The highest BCUT2D eigenvalue weighted by atomic mass is 19.1. The first-order chi connectivity index (χ1) is 9.74. The third kappa shape index (κ3) is 3.00. The molecular formula is C15H19F2NO2. The Kier molecular flexibility index (Phi) is 4.29. The zero-order valence-corrected chi connectivity index (χ0v) is 11.4. The van der Waals surface area contributed by atoms with Gasteiger partial charge >= 0.3 is 0 Å². The molecule has 0 N–H and O–H groups in total. The van der Waals surface area contributed by atoms with E-state index in [1.165, 1.54) is 18.2 Å². The third-order valence-electron chi connectivity index (χ3n) is 4.00. The standard InChI is InChI=1S/C15H19F2NO2/c16-12-3-1-4-13(17)11(12)9-18-6-8-20-15(10-18)14-5-2-7-19-14/h1,3-4,14-15H,2,5-10H2/t14-,15-/m1/s1. The Hall–Kier alpha value is -1.04. The SMILES string of the molecule is Fc1cccc(F)c1CN1CCO[C@@H]([C@H]2CCCO2)C1. The van der Waals surface area contributed by atoms with Gasteiger partial charge in [0, 0.05) is 31.8 Å². The fourth-order valence-corrected chi connectivity index (χ4v) is 2.90. The van der Waals surface area contributed by atoms with Crippen molar-refractivity contribution in [3.05, 3.63) is 35.4 Å². The Morgan fingerprint density at radius 1 is 1.10 bits per heavy atom. The molecule has 0 unspecified atom stereocenters. The number of halogens is 2. The molecule has 5 heteroatoms. The van der Waals surface area contributed by atoms with Crippen molar-refractivity contribution in [3.63, 3.8) is 0 Å². The van der Waals surface area contributed by atoms with Gasteiger partial charge in [0.2, 0.25) is 0 Å². The van der Waals surface area contributed by atoms with E-state index in [2.05, 4.69) is 0 Å². The molecule has 2 aliphatic heterocycles. The van der Waals surface area contributed by atoms with Crippen LogP contribution >= 0.6 is 0 Å². The van der Waals surface area contributed by atoms with Gasteiger partial charge < -0.3 is 9.47 Å². The molecule has 0 radical (unpaired) electrons. The van der Waals surface area contributed by atoms with Crippen molar-refractivity contribution >= 4 is 0 Å². The average Bonchev–Trinajstić information content (AvgIpc) is 2.98. The minimum atomic E-state index is -0.481. The van der Waals surface area contributed by atoms with E-state index in [0.29, 0.717) is 19.7 Å². The minimum Gasteiger partial charge on any atom is -0.375 e. The molecule has 1 aromatic rings. The number of morpholine rings is 1. The molecule has 0 saturated carbocycles. The van der Waals surface area contributed by atoms with Crippen molar-refractivity contribution in [2.45, 2.75) is 31.6 Å². The summed E-state index contributed by atoms with van der Waals surface area (Å²) in [4.78, 5) is 2.04. The number of nitrogens with zero attached hydrogens (tertiary/aromatic N) is 1. The van der Waals surface area contributed by atoms with Crippen LogP contribution in [0.15, 0.2) is 18.2 Å². The first-order valence-electron chi connectivity index (χ1n) is 7.12. The molecule has 1 aromatic carbocycles. The normalized spacial score (nSPS) is 27.9. The van der Waals surface area contributed by atoms with Crippen LogP contribution in [0.4, 0.5) is 8.78 Å². The van der Waals surface area contributed by atoms with E-state index in [1.54, 1.807) is 0 Å². The molecular weight excluding hydrogens is 264 g/mol. The van der Waals surface area contributed by atoms with Crippen LogP contribution in [0.5, 0.6) is 0 Å². The van der Waals surface area contributed by atoms with Gasteiger partial charge in [0.1, 0.15) is 11.6 Å². The molecule has 0 amide bonds. The maximum Gasteiger partial charge on any atom is 0.130 e. The molecule has 2 atom stereocenters. The van der Waals surface area contributed by atoms with E-state index in [1.807, 2.05) is 4.90 Å². The molecule has 0 aromatic heterocycles. The molecule has 20 heavy (non-hydrogen) atoms. The van der Waals surface area contributed by atoms with Crippen LogP contribution in [0.25, 0.3) is 0 Å². The zero-order valence-electron chi connectivity index (χ0n) is 11.4. The predicted molar refractivity (Wildman–Crippen MR) is 70.3 cm³/mol. The number of rotatable bonds is 3. The van der Waals surface area contributed by atoms with Gasteiger partial charge in [-0.3, -0.25) is 4.90 Å². The molecule has 0 aliphatic carbocycles. The largest absolute Gasteiger partial charge is 0.375 e. The van der Waals surface area contributed by atoms with Gasteiger partial charge in [0.15, 0.2) is 0 Å². The summed E-state index contributed by atoms with van der Waals surface area (Å²) in [7, 11) is 0. The van der Waals surface area contributed by atoms with Gasteiger partial charge in [-0.15, -0.1) is 0 Å². The average molecular weight is 283 g/mol. The lowest BCUT2D eigenvalue weighted by atomic mass is 10.1. The molecule has 2 saturated heterocycles. The van der Waals surface area contributed by atoms with Crippen LogP contribution < -0.4 is 0 Å². The molecule has 3 rings (SSSR count). The topological polar surface area (TPSA) is 21.7 Å². The predicted octanol–water partition coefficient (Wildman–Crippen LogP) is 2.34. The Labute approximate surface area is 117 Å². The summed E-state index contributed by atoms with van der Waals surface area (Å²) >= 11 is 0. The lowest BCUT2D eigenvalue weighted by molar-refractivity contribution is -0.0962. The van der Waals surface area contributed by atoms with Gasteiger partial charge in [-0.2, -0.15) is 0 Å². The molecule has 110 valence electrons. The van der Waals surface area contributed by atoms with Gasteiger partial charge in [0.05, 0.1) is 18.8 Å². The molecule has 0 bridgehead atoms. The van der Waals surface area contributed by atoms with Gasteiger partial charge in [-0.1, -0.05) is 6.07 Å². The van der Waals surface area contributed by atoms with E-state index in [4.69, 9.17) is 9.47 Å². The van der Waals surface area contributed by atoms with Gasteiger partial charge in [-0.05, 0) is 25.0 Å². The first kappa shape index (κ1) is 13.9. The van der Waals surface area contributed by atoms with Crippen LogP contribution in [0, 0.1) is 11.6 Å². The van der Waals surface area contributed by atoms with Crippen molar-refractivity contribution in [1.82, 2.24) is 4.90 Å².